The molecule has 0 saturated carbocycles. The van der Waals surface area contributed by atoms with Gasteiger partial charge in [-0.3, -0.25) is 4.79 Å². The van der Waals surface area contributed by atoms with Crippen LogP contribution in [0.2, 0.25) is 0 Å². The van der Waals surface area contributed by atoms with Gasteiger partial charge >= 0.3 is 0 Å². The van der Waals surface area contributed by atoms with Crippen LogP contribution in [0, 0.1) is 12.8 Å². The van der Waals surface area contributed by atoms with Gasteiger partial charge in [0.1, 0.15) is 11.5 Å². The monoisotopic (exact) mass is 388 g/mol. The zero-order valence-corrected chi connectivity index (χ0v) is 17.6. The molecule has 1 heterocycles. The molecule has 6 heteroatoms. The molecule has 0 spiro atoms. The summed E-state index contributed by atoms with van der Waals surface area (Å²) in [6.45, 7) is 8.35. The Balaban J connectivity index is 2.04. The third-order valence-electron chi connectivity index (χ3n) is 4.44. The van der Waals surface area contributed by atoms with Gasteiger partial charge in [0.05, 0.1) is 27.3 Å². The number of rotatable bonds is 11. The van der Waals surface area contributed by atoms with Gasteiger partial charge in [-0.1, -0.05) is 19.9 Å². The molecule has 1 amide bonds. The Hall–Kier alpha value is -2.47. The minimum atomic E-state index is 0.0650. The minimum absolute atomic E-state index is 0.0650. The van der Waals surface area contributed by atoms with Crippen LogP contribution in [0.3, 0.4) is 0 Å². The lowest BCUT2D eigenvalue weighted by atomic mass is 10.1. The highest BCUT2D eigenvalue weighted by Gasteiger charge is 2.16. The number of nitrogens with one attached hydrogen (secondary N) is 1. The molecule has 0 aliphatic carbocycles. The normalized spacial score (nSPS) is 10.9. The molecular weight excluding hydrogens is 356 g/mol. The average Bonchev–Trinajstić information content (AvgIpc) is 3.09. The van der Waals surface area contributed by atoms with Crippen LogP contribution < -0.4 is 14.8 Å². The number of amides is 1. The van der Waals surface area contributed by atoms with Crippen molar-refractivity contribution in [3.05, 3.63) is 47.4 Å². The Morgan fingerprint density at radius 3 is 2.50 bits per heavy atom. The molecule has 28 heavy (non-hydrogen) atoms. The quantitative estimate of drug-likeness (QED) is 0.639. The van der Waals surface area contributed by atoms with Crippen LogP contribution in [0.1, 0.15) is 30.9 Å². The highest BCUT2D eigenvalue weighted by molar-refractivity contribution is 5.78. The second kappa shape index (κ2) is 10.8. The molecule has 1 aromatic carbocycles. The van der Waals surface area contributed by atoms with Crippen LogP contribution in [-0.2, 0) is 17.8 Å². The zero-order chi connectivity index (χ0) is 20.5. The maximum Gasteiger partial charge on any atom is 0.236 e. The van der Waals surface area contributed by atoms with Gasteiger partial charge in [-0.25, -0.2) is 0 Å². The molecule has 0 atom stereocenters. The van der Waals surface area contributed by atoms with E-state index in [1.54, 1.807) is 14.2 Å². The lowest BCUT2D eigenvalue weighted by molar-refractivity contribution is -0.131. The van der Waals surface area contributed by atoms with E-state index in [1.807, 2.05) is 42.2 Å². The maximum absolute atomic E-state index is 12.8. The standard InChI is InChI=1S/C22H32N2O4/c1-16(2)13-23-14-22(25)24(15-19-8-6-17(3)28-19)11-10-18-7-9-20(26-4)21(12-18)27-5/h6-9,12,16,23H,10-11,13-15H2,1-5H3. The van der Waals surface area contributed by atoms with Crippen molar-refractivity contribution < 1.29 is 18.7 Å². The number of ether oxygens (including phenoxy) is 2. The lowest BCUT2D eigenvalue weighted by Crippen LogP contribution is -2.39. The molecule has 1 N–H and O–H groups in total. The van der Waals surface area contributed by atoms with Crippen LogP contribution in [0.15, 0.2) is 34.7 Å². The fraction of sp³-hybridized carbons (Fsp3) is 0.500. The predicted molar refractivity (Wildman–Crippen MR) is 110 cm³/mol. The van der Waals surface area contributed by atoms with Crippen molar-refractivity contribution in [2.75, 3.05) is 33.9 Å². The van der Waals surface area contributed by atoms with Crippen molar-refractivity contribution in [3.63, 3.8) is 0 Å². The zero-order valence-electron chi connectivity index (χ0n) is 17.6. The molecule has 2 aromatic rings. The smallest absolute Gasteiger partial charge is 0.236 e. The molecule has 0 saturated heterocycles. The fourth-order valence-electron chi connectivity index (χ4n) is 2.93. The first-order chi connectivity index (χ1) is 13.4. The Morgan fingerprint density at radius 1 is 1.14 bits per heavy atom. The summed E-state index contributed by atoms with van der Waals surface area (Å²) in [5, 5.41) is 3.23. The number of hydrogen-bond acceptors (Lipinski definition) is 5. The van der Waals surface area contributed by atoms with Crippen LogP contribution in [0.4, 0.5) is 0 Å². The van der Waals surface area contributed by atoms with E-state index in [4.69, 9.17) is 13.9 Å². The number of benzene rings is 1. The molecule has 0 unspecified atom stereocenters. The third kappa shape index (κ3) is 6.60. The van der Waals surface area contributed by atoms with Crippen LogP contribution >= 0.6 is 0 Å². The number of carbonyl (C=O) groups excluding carboxylic acids is 1. The second-order valence-electron chi connectivity index (χ2n) is 7.29. The minimum Gasteiger partial charge on any atom is -0.493 e. The van der Waals surface area contributed by atoms with Crippen LogP contribution in [0.25, 0.3) is 0 Å². The van der Waals surface area contributed by atoms with Crippen molar-refractivity contribution in [2.45, 2.75) is 33.7 Å². The molecule has 0 aliphatic heterocycles. The number of methoxy groups -OCH3 is 2. The van der Waals surface area contributed by atoms with E-state index < -0.39 is 0 Å². The lowest BCUT2D eigenvalue weighted by Gasteiger charge is -2.22. The number of nitrogens with zero attached hydrogens (tertiary/aromatic N) is 1. The van der Waals surface area contributed by atoms with Gasteiger partial charge in [-0.15, -0.1) is 0 Å². The third-order valence-corrected chi connectivity index (χ3v) is 4.44. The van der Waals surface area contributed by atoms with E-state index in [-0.39, 0.29) is 5.91 Å². The van der Waals surface area contributed by atoms with E-state index >= 15 is 0 Å². The van der Waals surface area contributed by atoms with Crippen LogP contribution in [0.5, 0.6) is 11.5 Å². The molecule has 1 aromatic heterocycles. The van der Waals surface area contributed by atoms with E-state index in [0.717, 1.165) is 30.0 Å². The number of aryl methyl sites for hydroxylation is 1. The molecule has 2 rings (SSSR count). The highest BCUT2D eigenvalue weighted by atomic mass is 16.5. The summed E-state index contributed by atoms with van der Waals surface area (Å²) in [5.74, 6) is 3.60. The fourth-order valence-corrected chi connectivity index (χ4v) is 2.93. The van der Waals surface area contributed by atoms with Gasteiger partial charge in [0.15, 0.2) is 11.5 Å². The van der Waals surface area contributed by atoms with Gasteiger partial charge in [0, 0.05) is 6.54 Å². The van der Waals surface area contributed by atoms with E-state index in [2.05, 4.69) is 19.2 Å². The maximum atomic E-state index is 12.8. The molecule has 6 nitrogen and oxygen atoms in total. The first kappa shape index (κ1) is 21.8. The van der Waals surface area contributed by atoms with E-state index in [0.29, 0.717) is 37.1 Å². The molecule has 0 fully saturated rings. The Labute approximate surface area is 167 Å². The first-order valence-electron chi connectivity index (χ1n) is 9.67. The Bertz CT molecular complexity index is 755. The average molecular weight is 389 g/mol. The van der Waals surface area contributed by atoms with E-state index in [9.17, 15) is 4.79 Å². The molecule has 0 radical (unpaired) electrons. The van der Waals surface area contributed by atoms with Crippen molar-refractivity contribution in [1.82, 2.24) is 10.2 Å². The number of carbonyl (C=O) groups is 1. The molecule has 0 aliphatic rings. The second-order valence-corrected chi connectivity index (χ2v) is 7.29. The summed E-state index contributed by atoms with van der Waals surface area (Å²) < 4.78 is 16.3. The van der Waals surface area contributed by atoms with Crippen molar-refractivity contribution >= 4 is 5.91 Å². The van der Waals surface area contributed by atoms with E-state index in [1.165, 1.54) is 0 Å². The first-order valence-corrected chi connectivity index (χ1v) is 9.67. The predicted octanol–water partition coefficient (Wildman–Crippen LogP) is 3.42. The van der Waals surface area contributed by atoms with Crippen molar-refractivity contribution in [3.8, 4) is 11.5 Å². The molecular formula is C22H32N2O4. The molecule has 0 bridgehead atoms. The molecule has 154 valence electrons. The summed E-state index contributed by atoms with van der Waals surface area (Å²) in [4.78, 5) is 14.6. The summed E-state index contributed by atoms with van der Waals surface area (Å²) in [7, 11) is 3.24. The van der Waals surface area contributed by atoms with Gasteiger partial charge in [-0.2, -0.15) is 0 Å². The van der Waals surface area contributed by atoms with Crippen LogP contribution in [-0.4, -0.2) is 44.7 Å². The SMILES string of the molecule is COc1ccc(CCN(Cc2ccc(C)o2)C(=O)CNCC(C)C)cc1OC. The Morgan fingerprint density at radius 2 is 1.89 bits per heavy atom. The van der Waals surface area contributed by atoms with Crippen molar-refractivity contribution in [2.24, 2.45) is 5.92 Å². The Kier molecular flexibility index (Phi) is 8.39. The summed E-state index contributed by atoms with van der Waals surface area (Å²) in [5.41, 5.74) is 1.08. The highest BCUT2D eigenvalue weighted by Crippen LogP contribution is 2.27. The number of hydrogen-bond donors (Lipinski definition) is 1. The number of furan rings is 1. The van der Waals surface area contributed by atoms with Gasteiger partial charge in [0.25, 0.3) is 0 Å². The van der Waals surface area contributed by atoms with Gasteiger partial charge < -0.3 is 24.1 Å². The summed E-state index contributed by atoms with van der Waals surface area (Å²) >= 11 is 0. The largest absolute Gasteiger partial charge is 0.493 e. The summed E-state index contributed by atoms with van der Waals surface area (Å²) in [6.07, 6.45) is 0.718. The van der Waals surface area contributed by atoms with Gasteiger partial charge in [0.2, 0.25) is 5.91 Å². The van der Waals surface area contributed by atoms with Crippen molar-refractivity contribution in [1.29, 1.82) is 0 Å². The topological polar surface area (TPSA) is 63.9 Å². The van der Waals surface area contributed by atoms with Gasteiger partial charge in [-0.05, 0) is 55.6 Å². The summed E-state index contributed by atoms with van der Waals surface area (Å²) in [6, 6.07) is 9.69.